The molecule has 1 aromatic rings. The lowest BCUT2D eigenvalue weighted by Crippen LogP contribution is -2.34. The summed E-state index contributed by atoms with van der Waals surface area (Å²) in [6.07, 6.45) is 3.79. The van der Waals surface area contributed by atoms with Crippen molar-refractivity contribution in [3.63, 3.8) is 0 Å². The highest BCUT2D eigenvalue weighted by molar-refractivity contribution is 6.27. The Hall–Kier alpha value is -2.32. The first-order chi connectivity index (χ1) is 13.4. The lowest BCUT2D eigenvalue weighted by atomic mass is 9.99. The molecule has 1 saturated heterocycles. The van der Waals surface area contributed by atoms with Crippen LogP contribution in [0.3, 0.4) is 0 Å². The van der Waals surface area contributed by atoms with Crippen molar-refractivity contribution in [3.8, 4) is 11.5 Å². The van der Waals surface area contributed by atoms with Crippen LogP contribution in [-0.4, -0.2) is 73.6 Å². The Morgan fingerprint density at radius 1 is 1.07 bits per heavy atom. The van der Waals surface area contributed by atoms with Gasteiger partial charge in [0.2, 0.25) is 0 Å². The van der Waals surface area contributed by atoms with Gasteiger partial charge in [0.05, 0.1) is 13.7 Å². The Balaban J connectivity index is 0.000000568. The molecule has 1 aliphatic heterocycles. The van der Waals surface area contributed by atoms with Crippen molar-refractivity contribution in [1.29, 1.82) is 0 Å². The van der Waals surface area contributed by atoms with Crippen LogP contribution in [0.1, 0.15) is 26.2 Å². The van der Waals surface area contributed by atoms with Crippen molar-refractivity contribution in [2.24, 2.45) is 5.92 Å². The molecule has 8 nitrogen and oxygen atoms in total. The van der Waals surface area contributed by atoms with Gasteiger partial charge in [0.25, 0.3) is 0 Å². The molecule has 158 valence electrons. The van der Waals surface area contributed by atoms with Gasteiger partial charge in [0.15, 0.2) is 0 Å². The molecule has 0 atom stereocenters. The fourth-order valence-electron chi connectivity index (χ4n) is 2.69. The van der Waals surface area contributed by atoms with E-state index in [4.69, 9.17) is 34.0 Å². The van der Waals surface area contributed by atoms with Crippen molar-refractivity contribution in [1.82, 2.24) is 4.90 Å². The van der Waals surface area contributed by atoms with Crippen LogP contribution in [0.5, 0.6) is 11.5 Å². The number of rotatable bonds is 9. The summed E-state index contributed by atoms with van der Waals surface area (Å²) in [5.41, 5.74) is 0. The summed E-state index contributed by atoms with van der Waals surface area (Å²) in [6.45, 7) is 8.03. The number of methoxy groups -OCH3 is 1. The molecule has 0 unspecified atom stereocenters. The van der Waals surface area contributed by atoms with Gasteiger partial charge < -0.3 is 29.3 Å². The van der Waals surface area contributed by atoms with Gasteiger partial charge in [0, 0.05) is 19.2 Å². The maximum absolute atomic E-state index is 9.10. The van der Waals surface area contributed by atoms with Crippen LogP contribution >= 0.6 is 0 Å². The molecule has 1 heterocycles. The van der Waals surface area contributed by atoms with E-state index in [1.54, 1.807) is 7.11 Å². The minimum atomic E-state index is -1.82. The van der Waals surface area contributed by atoms with E-state index in [0.29, 0.717) is 13.2 Å². The fourth-order valence-corrected chi connectivity index (χ4v) is 2.69. The fraction of sp³-hybridized carbons (Fsp3) is 0.600. The molecule has 0 radical (unpaired) electrons. The van der Waals surface area contributed by atoms with E-state index in [0.717, 1.165) is 37.0 Å². The number of carboxylic acid groups (broad SMARTS) is 2. The zero-order valence-electron chi connectivity index (χ0n) is 16.6. The van der Waals surface area contributed by atoms with Crippen molar-refractivity contribution in [2.75, 3.05) is 46.6 Å². The number of carbonyl (C=O) groups is 2. The molecular formula is C20H31NO7. The first-order valence-corrected chi connectivity index (χ1v) is 9.45. The van der Waals surface area contributed by atoms with Crippen LogP contribution < -0.4 is 9.47 Å². The molecule has 0 amide bonds. The van der Waals surface area contributed by atoms with Crippen LogP contribution in [0.4, 0.5) is 0 Å². The number of hydrogen-bond donors (Lipinski definition) is 2. The molecule has 0 bridgehead atoms. The lowest BCUT2D eigenvalue weighted by molar-refractivity contribution is -0.159. The Bertz CT molecular complexity index is 574. The minimum absolute atomic E-state index is 0.578. The van der Waals surface area contributed by atoms with E-state index < -0.39 is 11.9 Å². The average Bonchev–Trinajstić information content (AvgIpc) is 2.69. The van der Waals surface area contributed by atoms with E-state index >= 15 is 0 Å². The van der Waals surface area contributed by atoms with Crippen molar-refractivity contribution < 1.29 is 34.0 Å². The van der Waals surface area contributed by atoms with Gasteiger partial charge in [-0.15, -0.1) is 0 Å². The van der Waals surface area contributed by atoms with Gasteiger partial charge in [0.1, 0.15) is 18.1 Å². The first kappa shape index (κ1) is 23.7. The highest BCUT2D eigenvalue weighted by atomic mass is 16.5. The first-order valence-electron chi connectivity index (χ1n) is 9.45. The number of nitrogens with zero attached hydrogens (tertiary/aromatic N) is 1. The Morgan fingerprint density at radius 2 is 1.71 bits per heavy atom. The number of ether oxygens (including phenoxy) is 3. The highest BCUT2D eigenvalue weighted by Gasteiger charge is 2.14. The average molecular weight is 397 g/mol. The summed E-state index contributed by atoms with van der Waals surface area (Å²) in [5.74, 6) is -1.11. The van der Waals surface area contributed by atoms with E-state index in [1.807, 2.05) is 24.3 Å². The van der Waals surface area contributed by atoms with Crippen molar-refractivity contribution in [3.05, 3.63) is 24.3 Å². The van der Waals surface area contributed by atoms with Gasteiger partial charge in [-0.3, -0.25) is 0 Å². The third kappa shape index (κ3) is 10.7. The molecule has 0 aromatic heterocycles. The summed E-state index contributed by atoms with van der Waals surface area (Å²) in [5, 5.41) is 14.8. The Kier molecular flexibility index (Phi) is 11.7. The van der Waals surface area contributed by atoms with Crippen molar-refractivity contribution in [2.45, 2.75) is 26.2 Å². The number of carboxylic acids is 2. The zero-order chi connectivity index (χ0) is 20.8. The molecule has 2 N–H and O–H groups in total. The molecule has 1 fully saturated rings. The number of aliphatic carboxylic acids is 2. The molecular weight excluding hydrogens is 366 g/mol. The molecule has 1 aliphatic rings. The lowest BCUT2D eigenvalue weighted by Gasteiger charge is -2.30. The number of piperidine rings is 1. The van der Waals surface area contributed by atoms with E-state index in [9.17, 15) is 0 Å². The van der Waals surface area contributed by atoms with Crippen LogP contribution in [0.25, 0.3) is 0 Å². The SMILES string of the molecule is COc1cccc(OCCOCCCN2CCC(C)CC2)c1.O=C(O)C(=O)O. The minimum Gasteiger partial charge on any atom is -0.497 e. The van der Waals surface area contributed by atoms with Crippen LogP contribution in [0.15, 0.2) is 24.3 Å². The summed E-state index contributed by atoms with van der Waals surface area (Å²) in [7, 11) is 1.66. The second-order valence-electron chi connectivity index (χ2n) is 6.63. The smallest absolute Gasteiger partial charge is 0.414 e. The molecule has 2 rings (SSSR count). The highest BCUT2D eigenvalue weighted by Crippen LogP contribution is 2.18. The third-order valence-electron chi connectivity index (χ3n) is 4.36. The predicted octanol–water partition coefficient (Wildman–Crippen LogP) is 2.37. The van der Waals surface area contributed by atoms with Gasteiger partial charge in [-0.1, -0.05) is 13.0 Å². The Labute approximate surface area is 166 Å². The largest absolute Gasteiger partial charge is 0.497 e. The van der Waals surface area contributed by atoms with E-state index in [1.165, 1.54) is 25.9 Å². The summed E-state index contributed by atoms with van der Waals surface area (Å²) in [4.78, 5) is 20.8. The molecule has 28 heavy (non-hydrogen) atoms. The van der Waals surface area contributed by atoms with Gasteiger partial charge >= 0.3 is 11.9 Å². The zero-order valence-corrected chi connectivity index (χ0v) is 16.6. The molecule has 8 heteroatoms. The maximum Gasteiger partial charge on any atom is 0.414 e. The monoisotopic (exact) mass is 397 g/mol. The third-order valence-corrected chi connectivity index (χ3v) is 4.36. The van der Waals surface area contributed by atoms with E-state index in [-0.39, 0.29) is 0 Å². The molecule has 0 aliphatic carbocycles. The second kappa shape index (κ2) is 13.8. The topological polar surface area (TPSA) is 106 Å². The molecule has 0 spiro atoms. The van der Waals surface area contributed by atoms with Gasteiger partial charge in [-0.25, -0.2) is 9.59 Å². The molecule has 0 saturated carbocycles. The van der Waals surface area contributed by atoms with Crippen LogP contribution in [0.2, 0.25) is 0 Å². The molecule has 1 aromatic carbocycles. The number of hydrogen-bond acceptors (Lipinski definition) is 6. The van der Waals surface area contributed by atoms with Crippen molar-refractivity contribution >= 4 is 11.9 Å². The number of likely N-dealkylation sites (tertiary alicyclic amines) is 1. The normalized spacial score (nSPS) is 14.6. The van der Waals surface area contributed by atoms with Gasteiger partial charge in [-0.2, -0.15) is 0 Å². The van der Waals surface area contributed by atoms with Crippen LogP contribution in [0, 0.1) is 5.92 Å². The summed E-state index contributed by atoms with van der Waals surface area (Å²) in [6, 6.07) is 7.65. The van der Waals surface area contributed by atoms with E-state index in [2.05, 4.69) is 11.8 Å². The predicted molar refractivity (Wildman–Crippen MR) is 104 cm³/mol. The number of benzene rings is 1. The quantitative estimate of drug-likeness (QED) is 0.483. The summed E-state index contributed by atoms with van der Waals surface area (Å²) >= 11 is 0. The Morgan fingerprint density at radius 3 is 2.32 bits per heavy atom. The van der Waals surface area contributed by atoms with Gasteiger partial charge in [-0.05, 0) is 50.4 Å². The standard InChI is InChI=1S/C18H29NO3.C2H2O4/c1-16-7-10-19(11-8-16)9-4-12-21-13-14-22-18-6-3-5-17(15-18)20-2;3-1(4)2(5)6/h3,5-6,15-16H,4,7-14H2,1-2H3;(H,3,4)(H,5,6). The summed E-state index contributed by atoms with van der Waals surface area (Å²) < 4.78 is 16.4. The maximum atomic E-state index is 9.10. The second-order valence-corrected chi connectivity index (χ2v) is 6.63. The van der Waals surface area contributed by atoms with Crippen LogP contribution in [-0.2, 0) is 14.3 Å².